The Morgan fingerprint density at radius 3 is 2.21 bits per heavy atom. The molecular weight excluding hydrogens is 354 g/mol. The lowest BCUT2D eigenvalue weighted by molar-refractivity contribution is -0.129. The van der Waals surface area contributed by atoms with E-state index >= 15 is 0 Å². The zero-order valence-corrected chi connectivity index (χ0v) is 16.2. The summed E-state index contributed by atoms with van der Waals surface area (Å²) in [5.74, 6) is -1.23. The molecule has 0 radical (unpaired) electrons. The van der Waals surface area contributed by atoms with Crippen molar-refractivity contribution < 1.29 is 19.1 Å². The highest BCUT2D eigenvalue weighted by molar-refractivity contribution is 6.14. The highest BCUT2D eigenvalue weighted by Gasteiger charge is 2.25. The lowest BCUT2D eigenvalue weighted by Crippen LogP contribution is -2.41. The summed E-state index contributed by atoms with van der Waals surface area (Å²) in [5, 5.41) is 2.92. The molecule has 2 aromatic carbocycles. The standard InChI is InChI=1S/C23H25NO4/c1-15-11-13-17(14-12-15)21(25)19-9-5-6-10-20(19)23(27)28-16(2)22(26)24-18-7-3-4-8-18/h5-6,9-14,16,18H,3-4,7-8H2,1-2H3,(H,24,26). The fourth-order valence-electron chi connectivity index (χ4n) is 3.39. The summed E-state index contributed by atoms with van der Waals surface area (Å²) < 4.78 is 5.35. The normalized spacial score (nSPS) is 15.1. The quantitative estimate of drug-likeness (QED) is 0.612. The van der Waals surface area contributed by atoms with Crippen LogP contribution in [0, 0.1) is 6.92 Å². The molecule has 1 aliphatic carbocycles. The topological polar surface area (TPSA) is 72.5 Å². The summed E-state index contributed by atoms with van der Waals surface area (Å²) in [4.78, 5) is 37.8. The minimum Gasteiger partial charge on any atom is -0.449 e. The van der Waals surface area contributed by atoms with E-state index < -0.39 is 12.1 Å². The minimum atomic E-state index is -0.921. The highest BCUT2D eigenvalue weighted by Crippen LogP contribution is 2.19. The Hall–Kier alpha value is -2.95. The van der Waals surface area contributed by atoms with Crippen molar-refractivity contribution >= 4 is 17.7 Å². The van der Waals surface area contributed by atoms with Gasteiger partial charge in [0.2, 0.25) is 0 Å². The van der Waals surface area contributed by atoms with Crippen molar-refractivity contribution in [3.63, 3.8) is 0 Å². The molecule has 1 atom stereocenters. The molecule has 0 bridgehead atoms. The summed E-state index contributed by atoms with van der Waals surface area (Å²) >= 11 is 0. The van der Waals surface area contributed by atoms with Crippen molar-refractivity contribution in [1.82, 2.24) is 5.32 Å². The number of aryl methyl sites for hydroxylation is 1. The Bertz CT molecular complexity index is 866. The van der Waals surface area contributed by atoms with Gasteiger partial charge in [-0.25, -0.2) is 4.79 Å². The number of carbonyl (C=O) groups is 3. The van der Waals surface area contributed by atoms with Crippen LogP contribution in [0.25, 0.3) is 0 Å². The first-order chi connectivity index (χ1) is 13.5. The largest absolute Gasteiger partial charge is 0.449 e. The lowest BCUT2D eigenvalue weighted by Gasteiger charge is -2.17. The van der Waals surface area contributed by atoms with E-state index in [1.807, 2.05) is 19.1 Å². The third-order valence-corrected chi connectivity index (χ3v) is 5.06. The predicted molar refractivity (Wildman–Crippen MR) is 106 cm³/mol. The van der Waals surface area contributed by atoms with Crippen LogP contribution in [0.2, 0.25) is 0 Å². The van der Waals surface area contributed by atoms with Crippen LogP contribution >= 0.6 is 0 Å². The molecule has 1 amide bonds. The molecule has 0 saturated heterocycles. The minimum absolute atomic E-state index is 0.157. The van der Waals surface area contributed by atoms with E-state index in [1.54, 1.807) is 43.3 Å². The Morgan fingerprint density at radius 2 is 1.57 bits per heavy atom. The summed E-state index contributed by atoms with van der Waals surface area (Å²) in [6, 6.07) is 13.8. The molecule has 5 heteroatoms. The van der Waals surface area contributed by atoms with Crippen molar-refractivity contribution in [2.75, 3.05) is 0 Å². The van der Waals surface area contributed by atoms with Gasteiger partial charge in [-0.15, -0.1) is 0 Å². The van der Waals surface area contributed by atoms with Crippen LogP contribution in [-0.4, -0.2) is 29.8 Å². The van der Waals surface area contributed by atoms with E-state index in [1.165, 1.54) is 0 Å². The van der Waals surface area contributed by atoms with E-state index in [-0.39, 0.29) is 28.9 Å². The van der Waals surface area contributed by atoms with Gasteiger partial charge in [0.25, 0.3) is 5.91 Å². The number of esters is 1. The number of nitrogens with one attached hydrogen (secondary N) is 1. The number of hydrogen-bond acceptors (Lipinski definition) is 4. The molecule has 0 aliphatic heterocycles. The van der Waals surface area contributed by atoms with Crippen LogP contribution in [-0.2, 0) is 9.53 Å². The first kappa shape index (κ1) is 19.8. The molecule has 2 aromatic rings. The summed E-state index contributed by atoms with van der Waals surface area (Å²) in [7, 11) is 0. The first-order valence-corrected chi connectivity index (χ1v) is 9.67. The molecule has 1 N–H and O–H groups in total. The van der Waals surface area contributed by atoms with Gasteiger partial charge in [0.15, 0.2) is 11.9 Å². The third kappa shape index (κ3) is 4.66. The Labute approximate surface area is 165 Å². The first-order valence-electron chi connectivity index (χ1n) is 9.67. The molecule has 0 heterocycles. The predicted octanol–water partition coefficient (Wildman–Crippen LogP) is 3.83. The molecule has 0 aromatic heterocycles. The smallest absolute Gasteiger partial charge is 0.339 e. The molecule has 1 saturated carbocycles. The number of ether oxygens (including phenoxy) is 1. The lowest BCUT2D eigenvalue weighted by atomic mass is 9.98. The number of rotatable bonds is 6. The van der Waals surface area contributed by atoms with Crippen LogP contribution < -0.4 is 5.32 Å². The van der Waals surface area contributed by atoms with Gasteiger partial charge < -0.3 is 10.1 Å². The Balaban J connectivity index is 1.72. The van der Waals surface area contributed by atoms with Gasteiger partial charge in [0.1, 0.15) is 0 Å². The van der Waals surface area contributed by atoms with E-state index in [0.29, 0.717) is 5.56 Å². The molecule has 146 valence electrons. The zero-order chi connectivity index (χ0) is 20.1. The molecule has 1 fully saturated rings. The van der Waals surface area contributed by atoms with Crippen LogP contribution in [0.5, 0.6) is 0 Å². The summed E-state index contributed by atoms with van der Waals surface area (Å²) in [6.07, 6.45) is 3.21. The van der Waals surface area contributed by atoms with E-state index in [9.17, 15) is 14.4 Å². The van der Waals surface area contributed by atoms with Gasteiger partial charge in [-0.05, 0) is 32.8 Å². The van der Waals surface area contributed by atoms with Crippen LogP contribution in [0.1, 0.15) is 64.4 Å². The number of amides is 1. The van der Waals surface area contributed by atoms with E-state index in [0.717, 1.165) is 31.2 Å². The summed E-state index contributed by atoms with van der Waals surface area (Å²) in [5.41, 5.74) is 1.97. The number of ketones is 1. The van der Waals surface area contributed by atoms with Crippen molar-refractivity contribution in [3.8, 4) is 0 Å². The fourth-order valence-corrected chi connectivity index (χ4v) is 3.39. The van der Waals surface area contributed by atoms with Crippen molar-refractivity contribution in [2.45, 2.75) is 51.7 Å². The van der Waals surface area contributed by atoms with Gasteiger partial charge in [-0.1, -0.05) is 60.9 Å². The average molecular weight is 379 g/mol. The second-order valence-corrected chi connectivity index (χ2v) is 7.28. The molecular formula is C23H25NO4. The average Bonchev–Trinajstić information content (AvgIpc) is 3.21. The molecule has 3 rings (SSSR count). The third-order valence-electron chi connectivity index (χ3n) is 5.06. The maximum Gasteiger partial charge on any atom is 0.339 e. The van der Waals surface area contributed by atoms with Gasteiger partial charge in [0.05, 0.1) is 5.56 Å². The van der Waals surface area contributed by atoms with Gasteiger partial charge >= 0.3 is 5.97 Å². The van der Waals surface area contributed by atoms with Crippen molar-refractivity contribution in [1.29, 1.82) is 0 Å². The molecule has 1 aliphatic rings. The SMILES string of the molecule is Cc1ccc(C(=O)c2ccccc2C(=O)OC(C)C(=O)NC2CCCC2)cc1. The van der Waals surface area contributed by atoms with Gasteiger partial charge in [0, 0.05) is 17.2 Å². The van der Waals surface area contributed by atoms with Crippen LogP contribution in [0.15, 0.2) is 48.5 Å². The zero-order valence-electron chi connectivity index (χ0n) is 16.2. The maximum atomic E-state index is 12.8. The molecule has 5 nitrogen and oxygen atoms in total. The van der Waals surface area contributed by atoms with Crippen molar-refractivity contribution in [3.05, 3.63) is 70.8 Å². The Morgan fingerprint density at radius 1 is 0.964 bits per heavy atom. The van der Waals surface area contributed by atoms with Crippen LogP contribution in [0.3, 0.4) is 0 Å². The van der Waals surface area contributed by atoms with Crippen molar-refractivity contribution in [2.24, 2.45) is 0 Å². The van der Waals surface area contributed by atoms with Gasteiger partial charge in [-0.3, -0.25) is 9.59 Å². The van der Waals surface area contributed by atoms with E-state index in [4.69, 9.17) is 4.74 Å². The molecule has 1 unspecified atom stereocenters. The van der Waals surface area contributed by atoms with Gasteiger partial charge in [-0.2, -0.15) is 0 Å². The molecule has 0 spiro atoms. The highest BCUT2D eigenvalue weighted by atomic mass is 16.5. The number of carbonyl (C=O) groups excluding carboxylic acids is 3. The number of benzene rings is 2. The van der Waals surface area contributed by atoms with Crippen LogP contribution in [0.4, 0.5) is 0 Å². The maximum absolute atomic E-state index is 12.8. The second-order valence-electron chi connectivity index (χ2n) is 7.28. The Kier molecular flexibility index (Phi) is 6.24. The second kappa shape index (κ2) is 8.83. The number of hydrogen-bond donors (Lipinski definition) is 1. The fraction of sp³-hybridized carbons (Fsp3) is 0.348. The van der Waals surface area contributed by atoms with E-state index in [2.05, 4.69) is 5.32 Å². The molecule has 28 heavy (non-hydrogen) atoms. The summed E-state index contributed by atoms with van der Waals surface area (Å²) in [6.45, 7) is 3.49. The monoisotopic (exact) mass is 379 g/mol.